The molecule has 0 fully saturated rings. The minimum absolute atomic E-state index is 0.690. The molecule has 0 saturated carbocycles. The molecular formula is C16H15BrN4. The second-order valence-corrected chi connectivity index (χ2v) is 5.77. The van der Waals surface area contributed by atoms with Crippen LogP contribution in [0.2, 0.25) is 0 Å². The van der Waals surface area contributed by atoms with Crippen molar-refractivity contribution in [3.63, 3.8) is 0 Å². The lowest BCUT2D eigenvalue weighted by Crippen LogP contribution is -2.03. The van der Waals surface area contributed by atoms with E-state index in [4.69, 9.17) is 0 Å². The summed E-state index contributed by atoms with van der Waals surface area (Å²) in [5, 5.41) is 8.48. The molecule has 3 rings (SSSR count). The molecule has 0 unspecified atom stereocenters. The van der Waals surface area contributed by atoms with Gasteiger partial charge in [-0.15, -0.1) is 10.2 Å². The number of aryl methyl sites for hydroxylation is 3. The van der Waals surface area contributed by atoms with Gasteiger partial charge >= 0.3 is 0 Å². The van der Waals surface area contributed by atoms with Crippen molar-refractivity contribution in [3.05, 3.63) is 58.1 Å². The van der Waals surface area contributed by atoms with Crippen LogP contribution < -0.4 is 0 Å². The van der Waals surface area contributed by atoms with E-state index in [2.05, 4.69) is 63.2 Å². The Kier molecular flexibility index (Phi) is 3.59. The molecule has 0 amide bonds. The molecule has 21 heavy (non-hydrogen) atoms. The van der Waals surface area contributed by atoms with Crippen molar-refractivity contribution in [2.45, 2.75) is 20.8 Å². The highest BCUT2D eigenvalue weighted by Crippen LogP contribution is 2.28. The third kappa shape index (κ3) is 2.49. The van der Waals surface area contributed by atoms with Gasteiger partial charge in [0.2, 0.25) is 4.73 Å². The molecule has 0 saturated heterocycles. The zero-order chi connectivity index (χ0) is 15.0. The smallest absolute Gasteiger partial charge is 0.205 e. The number of aromatic nitrogens is 4. The summed E-state index contributed by atoms with van der Waals surface area (Å²) in [5.41, 5.74) is 5.39. The first-order valence-electron chi connectivity index (χ1n) is 6.68. The molecule has 0 spiro atoms. The third-order valence-corrected chi connectivity index (χ3v) is 3.97. The molecule has 0 radical (unpaired) electrons. The van der Waals surface area contributed by atoms with Gasteiger partial charge in [0, 0.05) is 17.5 Å². The van der Waals surface area contributed by atoms with Gasteiger partial charge in [-0.2, -0.15) is 0 Å². The summed E-state index contributed by atoms with van der Waals surface area (Å²) in [6.07, 6.45) is 1.83. The summed E-state index contributed by atoms with van der Waals surface area (Å²) < 4.78 is 2.72. The molecule has 3 aromatic rings. The molecule has 0 aliphatic rings. The Morgan fingerprint density at radius 3 is 2.29 bits per heavy atom. The topological polar surface area (TPSA) is 43.6 Å². The number of benzene rings is 1. The van der Waals surface area contributed by atoms with Crippen molar-refractivity contribution in [3.8, 4) is 17.1 Å². The van der Waals surface area contributed by atoms with E-state index in [9.17, 15) is 0 Å². The predicted molar refractivity (Wildman–Crippen MR) is 86.5 cm³/mol. The van der Waals surface area contributed by atoms with Gasteiger partial charge in [0.25, 0.3) is 0 Å². The Morgan fingerprint density at radius 2 is 1.67 bits per heavy atom. The number of hydrogen-bond donors (Lipinski definition) is 0. The van der Waals surface area contributed by atoms with Gasteiger partial charge in [-0.1, -0.05) is 18.2 Å². The molecule has 0 N–H and O–H groups in total. The van der Waals surface area contributed by atoms with Crippen molar-refractivity contribution in [2.75, 3.05) is 0 Å². The fourth-order valence-corrected chi connectivity index (χ4v) is 2.83. The van der Waals surface area contributed by atoms with Crippen LogP contribution in [0.1, 0.15) is 16.8 Å². The van der Waals surface area contributed by atoms with Crippen LogP contribution in [0.5, 0.6) is 0 Å². The summed E-state index contributed by atoms with van der Waals surface area (Å²) in [6, 6.07) is 10.2. The van der Waals surface area contributed by atoms with Crippen LogP contribution in [-0.2, 0) is 0 Å². The highest BCUT2D eigenvalue weighted by molar-refractivity contribution is 9.10. The molecule has 0 aliphatic heterocycles. The van der Waals surface area contributed by atoms with Crippen LogP contribution >= 0.6 is 15.9 Å². The standard InChI is InChI=1S/C16H15BrN4/c1-10-5-4-6-11(2)14(10)21-15(19-20-16(21)17)13-8-7-12(3)18-9-13/h4-9H,1-3H3. The third-order valence-electron chi connectivity index (χ3n) is 3.46. The Bertz CT molecular complexity index is 770. The maximum Gasteiger partial charge on any atom is 0.205 e. The molecule has 106 valence electrons. The molecule has 0 aliphatic carbocycles. The number of hydrogen-bond acceptors (Lipinski definition) is 3. The highest BCUT2D eigenvalue weighted by atomic mass is 79.9. The predicted octanol–water partition coefficient (Wildman–Crippen LogP) is 4.02. The van der Waals surface area contributed by atoms with Crippen molar-refractivity contribution in [1.82, 2.24) is 19.7 Å². The van der Waals surface area contributed by atoms with Crippen molar-refractivity contribution in [2.24, 2.45) is 0 Å². The Morgan fingerprint density at radius 1 is 0.952 bits per heavy atom. The van der Waals surface area contributed by atoms with Crippen LogP contribution in [0.4, 0.5) is 0 Å². The average molecular weight is 343 g/mol. The number of para-hydroxylation sites is 1. The van der Waals surface area contributed by atoms with Crippen LogP contribution in [0.25, 0.3) is 17.1 Å². The number of rotatable bonds is 2. The first-order chi connectivity index (χ1) is 10.1. The number of nitrogens with zero attached hydrogens (tertiary/aromatic N) is 4. The van der Waals surface area contributed by atoms with Crippen LogP contribution in [0, 0.1) is 20.8 Å². The minimum Gasteiger partial charge on any atom is -0.269 e. The first kappa shape index (κ1) is 13.9. The summed E-state index contributed by atoms with van der Waals surface area (Å²) in [7, 11) is 0. The fraction of sp³-hybridized carbons (Fsp3) is 0.188. The average Bonchev–Trinajstić information content (AvgIpc) is 2.82. The lowest BCUT2D eigenvalue weighted by atomic mass is 10.1. The monoisotopic (exact) mass is 342 g/mol. The molecule has 5 heteroatoms. The molecule has 1 aromatic carbocycles. The van der Waals surface area contributed by atoms with E-state index in [-0.39, 0.29) is 0 Å². The van der Waals surface area contributed by atoms with Gasteiger partial charge in [0.15, 0.2) is 5.82 Å². The lowest BCUT2D eigenvalue weighted by Gasteiger charge is -2.14. The summed E-state index contributed by atoms with van der Waals surface area (Å²) in [6.45, 7) is 6.15. The molecule has 2 aromatic heterocycles. The Balaban J connectivity index is 2.25. The molecule has 0 bridgehead atoms. The van der Waals surface area contributed by atoms with E-state index >= 15 is 0 Å². The number of halogens is 1. The van der Waals surface area contributed by atoms with Gasteiger partial charge in [0.1, 0.15) is 0 Å². The fourth-order valence-electron chi connectivity index (χ4n) is 2.41. The number of pyridine rings is 1. The van der Waals surface area contributed by atoms with Gasteiger partial charge < -0.3 is 0 Å². The second kappa shape index (κ2) is 5.41. The highest BCUT2D eigenvalue weighted by Gasteiger charge is 2.17. The Hall–Kier alpha value is -2.01. The molecule has 4 nitrogen and oxygen atoms in total. The van der Waals surface area contributed by atoms with Crippen LogP contribution in [-0.4, -0.2) is 19.7 Å². The summed E-state index contributed by atoms with van der Waals surface area (Å²) in [4.78, 5) is 4.35. The summed E-state index contributed by atoms with van der Waals surface area (Å²) in [5.74, 6) is 0.784. The molecular weight excluding hydrogens is 328 g/mol. The van der Waals surface area contributed by atoms with Gasteiger partial charge in [0.05, 0.1) is 5.69 Å². The van der Waals surface area contributed by atoms with Crippen LogP contribution in [0.3, 0.4) is 0 Å². The largest absolute Gasteiger partial charge is 0.269 e. The molecule has 0 atom stereocenters. The van der Waals surface area contributed by atoms with Crippen molar-refractivity contribution in [1.29, 1.82) is 0 Å². The Labute approximate surface area is 132 Å². The van der Waals surface area contributed by atoms with Gasteiger partial charge in [-0.05, 0) is 60.0 Å². The zero-order valence-corrected chi connectivity index (χ0v) is 13.7. The molecule has 2 heterocycles. The van der Waals surface area contributed by atoms with Gasteiger partial charge in [-0.3, -0.25) is 9.55 Å². The van der Waals surface area contributed by atoms with Crippen molar-refractivity contribution < 1.29 is 0 Å². The van der Waals surface area contributed by atoms with E-state index in [1.54, 1.807) is 0 Å². The van der Waals surface area contributed by atoms with Crippen LogP contribution in [0.15, 0.2) is 41.3 Å². The minimum atomic E-state index is 0.690. The second-order valence-electron chi connectivity index (χ2n) is 5.06. The normalized spacial score (nSPS) is 10.9. The van der Waals surface area contributed by atoms with E-state index < -0.39 is 0 Å². The first-order valence-corrected chi connectivity index (χ1v) is 7.48. The van der Waals surface area contributed by atoms with E-state index in [1.807, 2.05) is 29.8 Å². The van der Waals surface area contributed by atoms with E-state index in [0.29, 0.717) is 4.73 Å². The maximum atomic E-state index is 4.35. The van der Waals surface area contributed by atoms with Crippen molar-refractivity contribution >= 4 is 15.9 Å². The van der Waals surface area contributed by atoms with E-state index in [0.717, 1.165) is 22.8 Å². The quantitative estimate of drug-likeness (QED) is 0.706. The maximum absolute atomic E-state index is 4.35. The lowest BCUT2D eigenvalue weighted by molar-refractivity contribution is 0.989. The van der Waals surface area contributed by atoms with E-state index in [1.165, 1.54) is 11.1 Å². The van der Waals surface area contributed by atoms with Gasteiger partial charge in [-0.25, -0.2) is 0 Å². The SMILES string of the molecule is Cc1ccc(-c2nnc(Br)n2-c2c(C)cccc2C)cn1. The zero-order valence-electron chi connectivity index (χ0n) is 12.1. The summed E-state index contributed by atoms with van der Waals surface area (Å²) >= 11 is 3.50.